The zero-order chi connectivity index (χ0) is 15.9. The molecule has 118 valence electrons. The lowest BCUT2D eigenvalue weighted by Crippen LogP contribution is -2.36. The summed E-state index contributed by atoms with van der Waals surface area (Å²) in [7, 11) is 1.60. The Bertz CT molecular complexity index is 577. The quantitative estimate of drug-likeness (QED) is 0.780. The van der Waals surface area contributed by atoms with Crippen LogP contribution < -0.4 is 0 Å². The number of carbonyl (C=O) groups excluding carboxylic acids is 1. The number of nitriles is 1. The van der Waals surface area contributed by atoms with Crippen molar-refractivity contribution in [1.29, 1.82) is 5.26 Å². The van der Waals surface area contributed by atoms with Crippen LogP contribution in [0, 0.1) is 18.3 Å². The Labute approximate surface area is 135 Å². The highest BCUT2D eigenvalue weighted by atomic mass is 32.2. The highest BCUT2D eigenvalue weighted by Crippen LogP contribution is 2.25. The number of rotatable bonds is 5. The summed E-state index contributed by atoms with van der Waals surface area (Å²) in [6, 6.07) is 4.05. The van der Waals surface area contributed by atoms with Crippen molar-refractivity contribution in [1.82, 2.24) is 9.88 Å². The van der Waals surface area contributed by atoms with Crippen LogP contribution in [0.5, 0.6) is 0 Å². The van der Waals surface area contributed by atoms with Crippen molar-refractivity contribution in [2.24, 2.45) is 0 Å². The Morgan fingerprint density at radius 3 is 2.82 bits per heavy atom. The van der Waals surface area contributed by atoms with Crippen molar-refractivity contribution in [3.63, 3.8) is 0 Å². The molecule has 1 aliphatic rings. The molecule has 1 aliphatic heterocycles. The summed E-state index contributed by atoms with van der Waals surface area (Å²) < 4.78 is 5.14. The molecule has 1 saturated heterocycles. The number of ether oxygens (including phenoxy) is 1. The number of hydrogen-bond donors (Lipinski definition) is 0. The standard InChI is InChI=1S/C16H21N3O2S/c1-12-8-13(10-21-2)14(9-17)16(18-12)22-11-15(20)19-6-4-3-5-7-19/h8H,3-7,10-11H2,1-2H3. The third kappa shape index (κ3) is 4.21. The van der Waals surface area contributed by atoms with Gasteiger partial charge in [0, 0.05) is 25.9 Å². The van der Waals surface area contributed by atoms with Crippen LogP contribution in [-0.2, 0) is 16.1 Å². The average molecular weight is 319 g/mol. The normalized spacial score (nSPS) is 14.7. The van der Waals surface area contributed by atoms with Crippen molar-refractivity contribution in [3.8, 4) is 6.07 Å². The van der Waals surface area contributed by atoms with Gasteiger partial charge in [0.2, 0.25) is 5.91 Å². The number of piperidine rings is 1. The first-order chi connectivity index (χ1) is 10.7. The van der Waals surface area contributed by atoms with Gasteiger partial charge in [-0.1, -0.05) is 11.8 Å². The van der Waals surface area contributed by atoms with E-state index in [0.29, 0.717) is 22.9 Å². The number of aryl methyl sites for hydroxylation is 1. The molecule has 0 spiro atoms. The molecule has 5 nitrogen and oxygen atoms in total. The summed E-state index contributed by atoms with van der Waals surface area (Å²) >= 11 is 1.35. The largest absolute Gasteiger partial charge is 0.380 e. The molecule has 2 rings (SSSR count). The van der Waals surface area contributed by atoms with Crippen molar-refractivity contribution in [2.75, 3.05) is 26.0 Å². The number of aromatic nitrogens is 1. The second kappa shape index (κ2) is 8.16. The molecule has 1 aromatic rings. The predicted molar refractivity (Wildman–Crippen MR) is 85.6 cm³/mol. The van der Waals surface area contributed by atoms with E-state index in [4.69, 9.17) is 4.74 Å². The molecule has 0 radical (unpaired) electrons. The number of pyridine rings is 1. The molecule has 0 atom stereocenters. The second-order valence-corrected chi connectivity index (χ2v) is 6.34. The van der Waals surface area contributed by atoms with E-state index >= 15 is 0 Å². The Kier molecular flexibility index (Phi) is 6.22. The fourth-order valence-corrected chi connectivity index (χ4v) is 3.54. The van der Waals surface area contributed by atoms with Gasteiger partial charge >= 0.3 is 0 Å². The average Bonchev–Trinajstić information content (AvgIpc) is 2.53. The third-order valence-corrected chi connectivity index (χ3v) is 4.61. The molecule has 2 heterocycles. The Hall–Kier alpha value is -1.58. The van der Waals surface area contributed by atoms with Gasteiger partial charge in [-0.15, -0.1) is 0 Å². The Balaban J connectivity index is 2.08. The van der Waals surface area contributed by atoms with Crippen LogP contribution in [0.4, 0.5) is 0 Å². The molecular weight excluding hydrogens is 298 g/mol. The minimum atomic E-state index is 0.130. The number of carbonyl (C=O) groups is 1. The minimum absolute atomic E-state index is 0.130. The van der Waals surface area contributed by atoms with Gasteiger partial charge in [0.1, 0.15) is 11.1 Å². The molecule has 1 aromatic heterocycles. The van der Waals surface area contributed by atoms with Crippen LogP contribution >= 0.6 is 11.8 Å². The number of likely N-dealkylation sites (tertiary alicyclic amines) is 1. The van der Waals surface area contributed by atoms with Crippen LogP contribution in [0.3, 0.4) is 0 Å². The number of amides is 1. The van der Waals surface area contributed by atoms with Crippen LogP contribution in [0.1, 0.15) is 36.1 Å². The first-order valence-electron chi connectivity index (χ1n) is 7.46. The van der Waals surface area contributed by atoms with E-state index in [2.05, 4.69) is 11.1 Å². The zero-order valence-corrected chi connectivity index (χ0v) is 13.9. The summed E-state index contributed by atoms with van der Waals surface area (Å²) in [6.07, 6.45) is 3.37. The van der Waals surface area contributed by atoms with Gasteiger partial charge in [0.05, 0.1) is 17.9 Å². The van der Waals surface area contributed by atoms with Gasteiger partial charge in [-0.05, 0) is 37.8 Å². The summed E-state index contributed by atoms with van der Waals surface area (Å²) in [5, 5.41) is 10.0. The third-order valence-electron chi connectivity index (χ3n) is 3.65. The van der Waals surface area contributed by atoms with E-state index in [1.165, 1.54) is 18.2 Å². The number of thioether (sulfide) groups is 1. The van der Waals surface area contributed by atoms with Gasteiger partial charge in [-0.25, -0.2) is 4.98 Å². The lowest BCUT2D eigenvalue weighted by atomic mass is 10.1. The molecule has 0 N–H and O–H groups in total. The van der Waals surface area contributed by atoms with Gasteiger partial charge in [0.25, 0.3) is 0 Å². The van der Waals surface area contributed by atoms with Crippen LogP contribution in [-0.4, -0.2) is 41.7 Å². The summed E-state index contributed by atoms with van der Waals surface area (Å²) in [5.41, 5.74) is 2.17. The van der Waals surface area contributed by atoms with E-state index in [0.717, 1.165) is 37.2 Å². The SMILES string of the molecule is COCc1cc(C)nc(SCC(=O)N2CCCCC2)c1C#N. The maximum Gasteiger partial charge on any atom is 0.232 e. The molecule has 6 heteroatoms. The summed E-state index contributed by atoms with van der Waals surface area (Å²) in [4.78, 5) is 18.6. The fourth-order valence-electron chi connectivity index (χ4n) is 2.57. The monoisotopic (exact) mass is 319 g/mol. The topological polar surface area (TPSA) is 66.2 Å². The molecule has 0 bridgehead atoms. The number of methoxy groups -OCH3 is 1. The van der Waals surface area contributed by atoms with Gasteiger partial charge in [-0.3, -0.25) is 4.79 Å². The lowest BCUT2D eigenvalue weighted by molar-refractivity contribution is -0.129. The molecule has 0 saturated carbocycles. The fraction of sp³-hybridized carbons (Fsp3) is 0.562. The smallest absolute Gasteiger partial charge is 0.232 e. The summed E-state index contributed by atoms with van der Waals surface area (Å²) in [6.45, 7) is 3.96. The van der Waals surface area contributed by atoms with Gasteiger partial charge < -0.3 is 9.64 Å². The van der Waals surface area contributed by atoms with Crippen molar-refractivity contribution in [2.45, 2.75) is 37.8 Å². The molecule has 1 amide bonds. The molecule has 0 aliphatic carbocycles. The van der Waals surface area contributed by atoms with Crippen LogP contribution in [0.15, 0.2) is 11.1 Å². The maximum absolute atomic E-state index is 12.2. The highest BCUT2D eigenvalue weighted by molar-refractivity contribution is 8.00. The minimum Gasteiger partial charge on any atom is -0.380 e. The molecule has 1 fully saturated rings. The lowest BCUT2D eigenvalue weighted by Gasteiger charge is -2.26. The van der Waals surface area contributed by atoms with E-state index in [1.54, 1.807) is 7.11 Å². The first kappa shape index (κ1) is 16.8. The van der Waals surface area contributed by atoms with E-state index in [9.17, 15) is 10.1 Å². The molecule has 0 unspecified atom stereocenters. The predicted octanol–water partition coefficient (Wildman–Crippen LogP) is 2.51. The van der Waals surface area contributed by atoms with Crippen LogP contribution in [0.25, 0.3) is 0 Å². The second-order valence-electron chi connectivity index (χ2n) is 5.38. The molecule has 22 heavy (non-hydrogen) atoms. The van der Waals surface area contributed by atoms with E-state index < -0.39 is 0 Å². The van der Waals surface area contributed by atoms with Crippen LogP contribution in [0.2, 0.25) is 0 Å². The first-order valence-corrected chi connectivity index (χ1v) is 8.44. The highest BCUT2D eigenvalue weighted by Gasteiger charge is 2.18. The van der Waals surface area contributed by atoms with Crippen molar-refractivity contribution >= 4 is 17.7 Å². The Morgan fingerprint density at radius 1 is 1.45 bits per heavy atom. The van der Waals surface area contributed by atoms with E-state index in [1.807, 2.05) is 17.9 Å². The van der Waals surface area contributed by atoms with Crippen molar-refractivity contribution < 1.29 is 9.53 Å². The summed E-state index contributed by atoms with van der Waals surface area (Å²) in [5.74, 6) is 0.461. The number of nitrogens with zero attached hydrogens (tertiary/aromatic N) is 3. The molecular formula is C16H21N3O2S. The van der Waals surface area contributed by atoms with E-state index in [-0.39, 0.29) is 5.91 Å². The van der Waals surface area contributed by atoms with Gasteiger partial charge in [-0.2, -0.15) is 5.26 Å². The van der Waals surface area contributed by atoms with Gasteiger partial charge in [0.15, 0.2) is 0 Å². The zero-order valence-electron chi connectivity index (χ0n) is 13.1. The Morgan fingerprint density at radius 2 is 2.18 bits per heavy atom. The molecule has 0 aromatic carbocycles. The van der Waals surface area contributed by atoms with Crippen molar-refractivity contribution in [3.05, 3.63) is 22.9 Å². The maximum atomic E-state index is 12.2. The number of hydrogen-bond acceptors (Lipinski definition) is 5.